The summed E-state index contributed by atoms with van der Waals surface area (Å²) in [5.41, 5.74) is 7.53. The molecule has 2 rings (SSSR count). The molecule has 1 aromatic rings. The van der Waals surface area contributed by atoms with Gasteiger partial charge in [0.2, 0.25) is 5.91 Å². The monoisotopic (exact) mass is 261 g/mol. The SMILES string of the molecule is NCCCCC(=O)Nc1ccc(N2CCCC2)cc1. The largest absolute Gasteiger partial charge is 0.372 e. The molecule has 0 saturated carbocycles. The number of hydrogen-bond acceptors (Lipinski definition) is 3. The van der Waals surface area contributed by atoms with E-state index < -0.39 is 0 Å². The highest BCUT2D eigenvalue weighted by atomic mass is 16.1. The van der Waals surface area contributed by atoms with Crippen LogP contribution in [0.4, 0.5) is 11.4 Å². The van der Waals surface area contributed by atoms with Gasteiger partial charge >= 0.3 is 0 Å². The van der Waals surface area contributed by atoms with Gasteiger partial charge in [0, 0.05) is 30.9 Å². The molecule has 4 nitrogen and oxygen atoms in total. The zero-order chi connectivity index (χ0) is 13.5. The normalized spacial score (nSPS) is 14.7. The molecule has 0 spiro atoms. The number of hydrogen-bond donors (Lipinski definition) is 2. The first-order valence-electron chi connectivity index (χ1n) is 7.14. The number of rotatable bonds is 6. The molecule has 1 aromatic carbocycles. The minimum Gasteiger partial charge on any atom is -0.372 e. The number of carbonyl (C=O) groups excluding carboxylic acids is 1. The Labute approximate surface area is 115 Å². The van der Waals surface area contributed by atoms with Crippen LogP contribution in [-0.4, -0.2) is 25.5 Å². The molecule has 1 aliphatic rings. The summed E-state index contributed by atoms with van der Waals surface area (Å²) in [6.45, 7) is 2.94. The molecule has 0 atom stereocenters. The Hall–Kier alpha value is -1.55. The Morgan fingerprint density at radius 1 is 1.16 bits per heavy atom. The molecule has 4 heteroatoms. The fourth-order valence-electron chi connectivity index (χ4n) is 2.38. The summed E-state index contributed by atoms with van der Waals surface area (Å²) >= 11 is 0. The maximum atomic E-state index is 11.7. The van der Waals surface area contributed by atoms with Gasteiger partial charge in [-0.3, -0.25) is 4.79 Å². The lowest BCUT2D eigenvalue weighted by atomic mass is 10.2. The van der Waals surface area contributed by atoms with Crippen LogP contribution in [0.5, 0.6) is 0 Å². The number of nitrogens with one attached hydrogen (secondary N) is 1. The first-order chi connectivity index (χ1) is 9.29. The Balaban J connectivity index is 1.82. The van der Waals surface area contributed by atoms with E-state index in [0.717, 1.165) is 31.6 Å². The third-order valence-electron chi connectivity index (χ3n) is 3.48. The highest BCUT2D eigenvalue weighted by Crippen LogP contribution is 2.22. The number of anilines is 2. The van der Waals surface area contributed by atoms with Crippen LogP contribution in [-0.2, 0) is 4.79 Å². The van der Waals surface area contributed by atoms with Crippen molar-refractivity contribution < 1.29 is 4.79 Å². The van der Waals surface area contributed by atoms with Gasteiger partial charge in [-0.25, -0.2) is 0 Å². The summed E-state index contributed by atoms with van der Waals surface area (Å²) in [4.78, 5) is 14.0. The molecule has 0 aromatic heterocycles. The molecule has 3 N–H and O–H groups in total. The molecule has 0 radical (unpaired) electrons. The van der Waals surface area contributed by atoms with E-state index in [9.17, 15) is 4.79 Å². The smallest absolute Gasteiger partial charge is 0.224 e. The highest BCUT2D eigenvalue weighted by molar-refractivity contribution is 5.90. The lowest BCUT2D eigenvalue weighted by molar-refractivity contribution is -0.116. The Bertz CT molecular complexity index is 396. The summed E-state index contributed by atoms with van der Waals surface area (Å²) in [6, 6.07) is 8.13. The summed E-state index contributed by atoms with van der Waals surface area (Å²) in [6.07, 6.45) is 4.86. The molecular formula is C15H23N3O. The second-order valence-corrected chi connectivity index (χ2v) is 5.03. The molecule has 1 heterocycles. The number of amides is 1. The van der Waals surface area contributed by atoms with E-state index >= 15 is 0 Å². The first kappa shape index (κ1) is 13.9. The molecule has 1 fully saturated rings. The van der Waals surface area contributed by atoms with Crippen molar-refractivity contribution in [2.45, 2.75) is 32.1 Å². The maximum absolute atomic E-state index is 11.7. The summed E-state index contributed by atoms with van der Waals surface area (Å²) in [5.74, 6) is 0.0716. The molecule has 1 aliphatic heterocycles. The average Bonchev–Trinajstić information content (AvgIpc) is 2.94. The number of benzene rings is 1. The summed E-state index contributed by atoms with van der Waals surface area (Å²) in [7, 11) is 0. The summed E-state index contributed by atoms with van der Waals surface area (Å²) in [5, 5.41) is 2.92. The lowest BCUT2D eigenvalue weighted by Crippen LogP contribution is -2.17. The zero-order valence-corrected chi connectivity index (χ0v) is 11.4. The highest BCUT2D eigenvalue weighted by Gasteiger charge is 2.11. The van der Waals surface area contributed by atoms with Crippen LogP contribution in [0.3, 0.4) is 0 Å². The van der Waals surface area contributed by atoms with Crippen LogP contribution in [0.2, 0.25) is 0 Å². The molecule has 0 aliphatic carbocycles. The number of nitrogens with zero attached hydrogens (tertiary/aromatic N) is 1. The Morgan fingerprint density at radius 3 is 2.47 bits per heavy atom. The van der Waals surface area contributed by atoms with Crippen LogP contribution in [0.1, 0.15) is 32.1 Å². The Morgan fingerprint density at radius 2 is 1.84 bits per heavy atom. The van der Waals surface area contributed by atoms with Gasteiger partial charge in [-0.15, -0.1) is 0 Å². The predicted molar refractivity (Wildman–Crippen MR) is 79.4 cm³/mol. The van der Waals surface area contributed by atoms with E-state index in [4.69, 9.17) is 5.73 Å². The molecule has 0 unspecified atom stereocenters. The van der Waals surface area contributed by atoms with Crippen molar-refractivity contribution in [2.24, 2.45) is 5.73 Å². The number of nitrogens with two attached hydrogens (primary N) is 1. The predicted octanol–water partition coefficient (Wildman–Crippen LogP) is 2.35. The minimum absolute atomic E-state index is 0.0716. The molecule has 104 valence electrons. The second kappa shape index (κ2) is 7.14. The third kappa shape index (κ3) is 4.24. The zero-order valence-electron chi connectivity index (χ0n) is 11.4. The quantitative estimate of drug-likeness (QED) is 0.773. The lowest BCUT2D eigenvalue weighted by Gasteiger charge is -2.17. The van der Waals surface area contributed by atoms with Crippen molar-refractivity contribution in [3.05, 3.63) is 24.3 Å². The second-order valence-electron chi connectivity index (χ2n) is 5.03. The van der Waals surface area contributed by atoms with Crippen molar-refractivity contribution >= 4 is 17.3 Å². The van der Waals surface area contributed by atoms with Crippen LogP contribution in [0, 0.1) is 0 Å². The first-order valence-corrected chi connectivity index (χ1v) is 7.14. The molecular weight excluding hydrogens is 238 g/mol. The van der Waals surface area contributed by atoms with Gasteiger partial charge in [-0.05, 0) is 56.5 Å². The van der Waals surface area contributed by atoms with Gasteiger partial charge in [0.1, 0.15) is 0 Å². The maximum Gasteiger partial charge on any atom is 0.224 e. The van der Waals surface area contributed by atoms with Crippen molar-refractivity contribution in [3.63, 3.8) is 0 Å². The van der Waals surface area contributed by atoms with E-state index in [1.165, 1.54) is 18.5 Å². The van der Waals surface area contributed by atoms with Crippen LogP contribution < -0.4 is 16.0 Å². The molecule has 19 heavy (non-hydrogen) atoms. The van der Waals surface area contributed by atoms with Crippen molar-refractivity contribution in [2.75, 3.05) is 29.9 Å². The standard InChI is InChI=1S/C15H23N3O/c16-10-2-1-5-15(19)17-13-6-8-14(9-7-13)18-11-3-4-12-18/h6-9H,1-5,10-12,16H2,(H,17,19). The van der Waals surface area contributed by atoms with E-state index in [1.54, 1.807) is 0 Å². The number of unbranched alkanes of at least 4 members (excludes halogenated alkanes) is 1. The average molecular weight is 261 g/mol. The van der Waals surface area contributed by atoms with Gasteiger partial charge in [0.05, 0.1) is 0 Å². The van der Waals surface area contributed by atoms with E-state index in [-0.39, 0.29) is 5.91 Å². The van der Waals surface area contributed by atoms with E-state index in [0.29, 0.717) is 13.0 Å². The fourth-order valence-corrected chi connectivity index (χ4v) is 2.38. The van der Waals surface area contributed by atoms with Gasteiger partial charge in [0.15, 0.2) is 0 Å². The topological polar surface area (TPSA) is 58.4 Å². The Kier molecular flexibility index (Phi) is 5.21. The molecule has 1 amide bonds. The van der Waals surface area contributed by atoms with Gasteiger partial charge in [-0.1, -0.05) is 0 Å². The number of carbonyl (C=O) groups is 1. The summed E-state index contributed by atoms with van der Waals surface area (Å²) < 4.78 is 0. The van der Waals surface area contributed by atoms with E-state index in [1.807, 2.05) is 12.1 Å². The third-order valence-corrected chi connectivity index (χ3v) is 3.48. The fraction of sp³-hybridized carbons (Fsp3) is 0.533. The van der Waals surface area contributed by atoms with Gasteiger partial charge in [-0.2, -0.15) is 0 Å². The van der Waals surface area contributed by atoms with Crippen LogP contribution in [0.15, 0.2) is 24.3 Å². The molecule has 0 bridgehead atoms. The van der Waals surface area contributed by atoms with Gasteiger partial charge < -0.3 is 16.0 Å². The van der Waals surface area contributed by atoms with Crippen molar-refractivity contribution in [1.29, 1.82) is 0 Å². The van der Waals surface area contributed by atoms with E-state index in [2.05, 4.69) is 22.3 Å². The van der Waals surface area contributed by atoms with Crippen LogP contribution in [0.25, 0.3) is 0 Å². The van der Waals surface area contributed by atoms with Crippen LogP contribution >= 0.6 is 0 Å². The van der Waals surface area contributed by atoms with Crippen molar-refractivity contribution in [3.8, 4) is 0 Å². The minimum atomic E-state index is 0.0716. The molecule has 1 saturated heterocycles. The van der Waals surface area contributed by atoms with Gasteiger partial charge in [0.25, 0.3) is 0 Å². The van der Waals surface area contributed by atoms with Crippen molar-refractivity contribution in [1.82, 2.24) is 0 Å².